The molecular weight excluding hydrogens is 442 g/mol. The van der Waals surface area contributed by atoms with Gasteiger partial charge in [0.05, 0.1) is 4.90 Å². The molecule has 0 heterocycles. The van der Waals surface area contributed by atoms with Gasteiger partial charge in [-0.2, -0.15) is 4.31 Å². The van der Waals surface area contributed by atoms with E-state index in [-0.39, 0.29) is 23.1 Å². The summed E-state index contributed by atoms with van der Waals surface area (Å²) in [6.07, 6.45) is 4.94. The van der Waals surface area contributed by atoms with E-state index in [2.05, 4.69) is 10.9 Å². The van der Waals surface area contributed by atoms with Crippen molar-refractivity contribution in [3.8, 4) is 5.75 Å². The van der Waals surface area contributed by atoms with E-state index in [0.717, 1.165) is 43.2 Å². The van der Waals surface area contributed by atoms with Crippen molar-refractivity contribution in [2.45, 2.75) is 56.9 Å². The van der Waals surface area contributed by atoms with E-state index in [0.29, 0.717) is 5.75 Å². The molecule has 2 amide bonds. The van der Waals surface area contributed by atoms with Gasteiger partial charge in [-0.3, -0.25) is 20.4 Å². The fourth-order valence-corrected chi connectivity index (χ4v) is 5.19. The Morgan fingerprint density at radius 2 is 1.64 bits per heavy atom. The molecule has 1 aliphatic rings. The van der Waals surface area contributed by atoms with Gasteiger partial charge in [0.1, 0.15) is 5.75 Å². The number of aryl methyl sites for hydroxylation is 2. The predicted octanol–water partition coefficient (Wildman–Crippen LogP) is 3.10. The first kappa shape index (κ1) is 24.7. The van der Waals surface area contributed by atoms with Gasteiger partial charge in [0, 0.05) is 18.7 Å². The zero-order valence-corrected chi connectivity index (χ0v) is 20.1. The summed E-state index contributed by atoms with van der Waals surface area (Å²) in [4.78, 5) is 24.4. The molecule has 33 heavy (non-hydrogen) atoms. The zero-order chi connectivity index (χ0) is 24.0. The summed E-state index contributed by atoms with van der Waals surface area (Å²) in [7, 11) is -2.02. The van der Waals surface area contributed by atoms with Crippen LogP contribution in [0.25, 0.3) is 0 Å². The van der Waals surface area contributed by atoms with Gasteiger partial charge in [-0.25, -0.2) is 8.42 Å². The molecule has 1 fully saturated rings. The van der Waals surface area contributed by atoms with Crippen LogP contribution in [-0.2, 0) is 14.8 Å². The molecule has 9 heteroatoms. The average molecular weight is 474 g/mol. The van der Waals surface area contributed by atoms with Crippen LogP contribution in [0.15, 0.2) is 47.4 Å². The Morgan fingerprint density at radius 3 is 2.27 bits per heavy atom. The van der Waals surface area contributed by atoms with Crippen LogP contribution in [-0.4, -0.2) is 44.2 Å². The Bertz CT molecular complexity index is 1090. The van der Waals surface area contributed by atoms with E-state index in [1.165, 1.54) is 28.6 Å². The van der Waals surface area contributed by atoms with Crippen molar-refractivity contribution < 1.29 is 22.7 Å². The standard InChI is InChI=1S/C24H31N3O5S/c1-17-9-12-21(15-18(17)2)32-16-23(28)25-26-24(29)19-10-13-22(14-11-19)33(30,31)27(3)20-7-5-4-6-8-20/h9-15,20H,4-8,16H2,1-3H3,(H,25,28)(H,26,29). The lowest BCUT2D eigenvalue weighted by molar-refractivity contribution is -0.123. The second kappa shape index (κ2) is 10.8. The minimum absolute atomic E-state index is 0.00739. The van der Waals surface area contributed by atoms with Crippen LogP contribution in [0.1, 0.15) is 53.6 Å². The quantitative estimate of drug-likeness (QED) is 0.602. The summed E-state index contributed by atoms with van der Waals surface area (Å²) in [6.45, 7) is 3.68. The molecule has 2 aromatic rings. The number of carbonyl (C=O) groups is 2. The maximum absolute atomic E-state index is 12.9. The molecule has 0 aliphatic heterocycles. The summed E-state index contributed by atoms with van der Waals surface area (Å²) in [5.41, 5.74) is 7.01. The highest BCUT2D eigenvalue weighted by atomic mass is 32.2. The van der Waals surface area contributed by atoms with E-state index < -0.39 is 21.8 Å². The molecule has 1 aliphatic carbocycles. The number of hydrogen-bond acceptors (Lipinski definition) is 5. The van der Waals surface area contributed by atoms with Gasteiger partial charge in [0.2, 0.25) is 10.0 Å². The monoisotopic (exact) mass is 473 g/mol. The van der Waals surface area contributed by atoms with Crippen molar-refractivity contribution in [1.82, 2.24) is 15.2 Å². The molecule has 0 bridgehead atoms. The van der Waals surface area contributed by atoms with Gasteiger partial charge < -0.3 is 4.74 Å². The zero-order valence-electron chi connectivity index (χ0n) is 19.3. The first-order valence-corrected chi connectivity index (χ1v) is 12.5. The Labute approximate surface area is 195 Å². The van der Waals surface area contributed by atoms with E-state index in [4.69, 9.17) is 4.74 Å². The largest absolute Gasteiger partial charge is 0.484 e. The highest BCUT2D eigenvalue weighted by Gasteiger charge is 2.29. The summed E-state index contributed by atoms with van der Waals surface area (Å²) < 4.78 is 32.7. The van der Waals surface area contributed by atoms with Gasteiger partial charge >= 0.3 is 0 Å². The molecular formula is C24H31N3O5S. The van der Waals surface area contributed by atoms with Crippen molar-refractivity contribution in [1.29, 1.82) is 0 Å². The summed E-state index contributed by atoms with van der Waals surface area (Å²) >= 11 is 0. The predicted molar refractivity (Wildman–Crippen MR) is 125 cm³/mol. The number of ether oxygens (including phenoxy) is 1. The van der Waals surface area contributed by atoms with Crippen molar-refractivity contribution >= 4 is 21.8 Å². The van der Waals surface area contributed by atoms with Gasteiger partial charge in [-0.05, 0) is 74.2 Å². The maximum Gasteiger partial charge on any atom is 0.276 e. The topological polar surface area (TPSA) is 105 Å². The minimum Gasteiger partial charge on any atom is -0.484 e. The molecule has 0 saturated heterocycles. The smallest absolute Gasteiger partial charge is 0.276 e. The van der Waals surface area contributed by atoms with Crippen molar-refractivity contribution in [2.75, 3.05) is 13.7 Å². The molecule has 2 N–H and O–H groups in total. The van der Waals surface area contributed by atoms with Crippen molar-refractivity contribution in [3.63, 3.8) is 0 Å². The number of carbonyl (C=O) groups excluding carboxylic acids is 2. The number of nitrogens with one attached hydrogen (secondary N) is 2. The van der Waals surface area contributed by atoms with Gasteiger partial charge in [-0.15, -0.1) is 0 Å². The van der Waals surface area contributed by atoms with Gasteiger partial charge in [0.25, 0.3) is 11.8 Å². The fraction of sp³-hybridized carbons (Fsp3) is 0.417. The second-order valence-corrected chi connectivity index (χ2v) is 10.4. The molecule has 0 unspecified atom stereocenters. The number of benzene rings is 2. The van der Waals surface area contributed by atoms with Gasteiger partial charge in [-0.1, -0.05) is 25.3 Å². The third kappa shape index (κ3) is 6.33. The summed E-state index contributed by atoms with van der Waals surface area (Å²) in [5, 5.41) is 0. The van der Waals surface area contributed by atoms with E-state index in [1.807, 2.05) is 26.0 Å². The van der Waals surface area contributed by atoms with Crippen LogP contribution in [0.4, 0.5) is 0 Å². The Balaban J connectivity index is 1.52. The lowest BCUT2D eigenvalue weighted by atomic mass is 9.96. The SMILES string of the molecule is Cc1ccc(OCC(=O)NNC(=O)c2ccc(S(=O)(=O)N(C)C3CCCCC3)cc2)cc1C. The molecule has 178 valence electrons. The third-order valence-corrected chi connectivity index (χ3v) is 7.97. The fourth-order valence-electron chi connectivity index (χ4n) is 3.77. The summed E-state index contributed by atoms with van der Waals surface area (Å²) in [6, 6.07) is 11.2. The molecule has 0 aromatic heterocycles. The normalized spacial score (nSPS) is 14.7. The molecule has 0 atom stereocenters. The van der Waals surface area contributed by atoms with Crippen LogP contribution in [0.2, 0.25) is 0 Å². The number of amides is 2. The lowest BCUT2D eigenvalue weighted by Crippen LogP contribution is -2.43. The number of hydrogen-bond donors (Lipinski definition) is 2. The number of nitrogens with zero attached hydrogens (tertiary/aromatic N) is 1. The lowest BCUT2D eigenvalue weighted by Gasteiger charge is -2.30. The molecule has 3 rings (SSSR count). The van der Waals surface area contributed by atoms with E-state index >= 15 is 0 Å². The minimum atomic E-state index is -3.63. The number of rotatable bonds is 7. The molecule has 1 saturated carbocycles. The second-order valence-electron chi connectivity index (χ2n) is 8.37. The molecule has 8 nitrogen and oxygen atoms in total. The maximum atomic E-state index is 12.9. The van der Waals surface area contributed by atoms with E-state index in [9.17, 15) is 18.0 Å². The Kier molecular flexibility index (Phi) is 8.10. The van der Waals surface area contributed by atoms with Crippen LogP contribution in [0.5, 0.6) is 5.75 Å². The van der Waals surface area contributed by atoms with Crippen LogP contribution in [0.3, 0.4) is 0 Å². The first-order chi connectivity index (χ1) is 15.7. The highest BCUT2D eigenvalue weighted by molar-refractivity contribution is 7.89. The van der Waals surface area contributed by atoms with Crippen LogP contribution >= 0.6 is 0 Å². The van der Waals surface area contributed by atoms with Crippen molar-refractivity contribution in [3.05, 3.63) is 59.2 Å². The Morgan fingerprint density at radius 1 is 0.970 bits per heavy atom. The first-order valence-electron chi connectivity index (χ1n) is 11.1. The van der Waals surface area contributed by atoms with Crippen LogP contribution in [0, 0.1) is 13.8 Å². The summed E-state index contributed by atoms with van der Waals surface area (Å²) in [5.74, 6) is -0.511. The van der Waals surface area contributed by atoms with E-state index in [1.54, 1.807) is 13.1 Å². The van der Waals surface area contributed by atoms with Crippen LogP contribution < -0.4 is 15.6 Å². The molecule has 0 radical (unpaired) electrons. The third-order valence-electron chi connectivity index (χ3n) is 6.05. The number of sulfonamides is 1. The number of hydrazine groups is 1. The van der Waals surface area contributed by atoms with Crippen molar-refractivity contribution in [2.24, 2.45) is 0 Å². The van der Waals surface area contributed by atoms with Gasteiger partial charge in [0.15, 0.2) is 6.61 Å². The molecule has 0 spiro atoms. The molecule has 2 aromatic carbocycles. The average Bonchev–Trinajstić information content (AvgIpc) is 2.83. The highest BCUT2D eigenvalue weighted by Crippen LogP contribution is 2.26. The Hall–Kier alpha value is -2.91.